The number of nitrogens with two attached hydrogens (primary N) is 1. The number of hydrogen-bond donors (Lipinski definition) is 2. The minimum atomic E-state index is -0.293. The summed E-state index contributed by atoms with van der Waals surface area (Å²) in [5, 5.41) is 2.71. The van der Waals surface area contributed by atoms with Gasteiger partial charge < -0.3 is 20.5 Å². The van der Waals surface area contributed by atoms with Crippen LogP contribution in [0.3, 0.4) is 0 Å². The number of nitrogen functional groups attached to an aromatic ring is 1. The van der Waals surface area contributed by atoms with Gasteiger partial charge in [-0.2, -0.15) is 0 Å². The molecule has 0 aliphatic carbocycles. The summed E-state index contributed by atoms with van der Waals surface area (Å²) in [6.07, 6.45) is 0.137. The van der Waals surface area contributed by atoms with E-state index in [2.05, 4.69) is 5.32 Å². The number of ether oxygens (including phenoxy) is 2. The van der Waals surface area contributed by atoms with Crippen molar-refractivity contribution < 1.29 is 19.1 Å². The Morgan fingerprint density at radius 1 is 1.04 bits per heavy atom. The molecule has 0 aliphatic heterocycles. The first kappa shape index (κ1) is 17.3. The van der Waals surface area contributed by atoms with Crippen molar-refractivity contribution >= 4 is 17.4 Å². The lowest BCUT2D eigenvalue weighted by Crippen LogP contribution is -2.26. The third-order valence-corrected chi connectivity index (χ3v) is 3.55. The molecule has 0 aliphatic rings. The van der Waals surface area contributed by atoms with Crippen molar-refractivity contribution in [2.75, 3.05) is 26.5 Å². The number of hydrogen-bond acceptors (Lipinski definition) is 5. The quantitative estimate of drug-likeness (QED) is 0.601. The van der Waals surface area contributed by atoms with Gasteiger partial charge in [0.25, 0.3) is 5.91 Å². The van der Waals surface area contributed by atoms with Gasteiger partial charge in [-0.3, -0.25) is 9.59 Å². The van der Waals surface area contributed by atoms with Crippen molar-refractivity contribution in [1.82, 2.24) is 5.32 Å². The van der Waals surface area contributed by atoms with Crippen LogP contribution in [-0.2, 0) is 0 Å². The van der Waals surface area contributed by atoms with Gasteiger partial charge in [-0.05, 0) is 30.3 Å². The molecule has 0 fully saturated rings. The summed E-state index contributed by atoms with van der Waals surface area (Å²) in [5.41, 5.74) is 7.03. The fourth-order valence-corrected chi connectivity index (χ4v) is 2.26. The van der Waals surface area contributed by atoms with Crippen molar-refractivity contribution in [3.63, 3.8) is 0 Å². The number of methoxy groups -OCH3 is 2. The zero-order chi connectivity index (χ0) is 17.5. The van der Waals surface area contributed by atoms with E-state index in [-0.39, 0.29) is 24.7 Å². The summed E-state index contributed by atoms with van der Waals surface area (Å²) < 4.78 is 10.2. The summed E-state index contributed by atoms with van der Waals surface area (Å²) in [7, 11) is 3.02. The number of amides is 1. The first-order valence-electron chi connectivity index (χ1n) is 7.44. The van der Waals surface area contributed by atoms with Crippen molar-refractivity contribution in [2.45, 2.75) is 6.42 Å². The zero-order valence-electron chi connectivity index (χ0n) is 13.7. The highest BCUT2D eigenvalue weighted by Crippen LogP contribution is 2.21. The van der Waals surface area contributed by atoms with E-state index in [1.54, 1.807) is 42.5 Å². The van der Waals surface area contributed by atoms with E-state index >= 15 is 0 Å². The maximum absolute atomic E-state index is 12.3. The maximum atomic E-state index is 12.3. The maximum Gasteiger partial charge on any atom is 0.255 e. The summed E-state index contributed by atoms with van der Waals surface area (Å²) in [4.78, 5) is 24.4. The van der Waals surface area contributed by atoms with Crippen molar-refractivity contribution in [1.29, 1.82) is 0 Å². The molecule has 0 aromatic heterocycles. The fourth-order valence-electron chi connectivity index (χ4n) is 2.26. The Morgan fingerprint density at radius 2 is 1.79 bits per heavy atom. The van der Waals surface area contributed by atoms with Gasteiger partial charge in [0, 0.05) is 24.2 Å². The van der Waals surface area contributed by atoms with Crippen LogP contribution in [0.5, 0.6) is 11.5 Å². The van der Waals surface area contributed by atoms with Crippen LogP contribution in [0.4, 0.5) is 5.69 Å². The van der Waals surface area contributed by atoms with Crippen LogP contribution in [0.1, 0.15) is 27.1 Å². The number of ketones is 1. The van der Waals surface area contributed by atoms with Gasteiger partial charge >= 0.3 is 0 Å². The smallest absolute Gasteiger partial charge is 0.255 e. The van der Waals surface area contributed by atoms with E-state index in [4.69, 9.17) is 15.2 Å². The molecule has 0 saturated carbocycles. The predicted molar refractivity (Wildman–Crippen MR) is 91.7 cm³/mol. The second-order valence-electron chi connectivity index (χ2n) is 5.08. The van der Waals surface area contributed by atoms with Crippen LogP contribution < -0.4 is 20.5 Å². The highest BCUT2D eigenvalue weighted by atomic mass is 16.5. The number of benzene rings is 2. The predicted octanol–water partition coefficient (Wildman–Crippen LogP) is 2.29. The average molecular weight is 328 g/mol. The Morgan fingerprint density at radius 3 is 2.50 bits per heavy atom. The molecule has 24 heavy (non-hydrogen) atoms. The number of carbonyl (C=O) groups excluding carboxylic acids is 2. The lowest BCUT2D eigenvalue weighted by atomic mass is 10.1. The van der Waals surface area contributed by atoms with E-state index in [0.717, 1.165) is 0 Å². The Labute approximate surface area is 140 Å². The molecule has 0 radical (unpaired) electrons. The van der Waals surface area contributed by atoms with E-state index in [1.165, 1.54) is 14.2 Å². The van der Waals surface area contributed by atoms with Crippen LogP contribution in [0.25, 0.3) is 0 Å². The minimum absolute atomic E-state index is 0.137. The molecule has 126 valence electrons. The molecule has 0 heterocycles. The lowest BCUT2D eigenvalue weighted by molar-refractivity contribution is 0.0938. The minimum Gasteiger partial charge on any atom is -0.497 e. The molecule has 1 amide bonds. The molecule has 3 N–H and O–H groups in total. The van der Waals surface area contributed by atoms with Gasteiger partial charge in [0.15, 0.2) is 5.78 Å². The number of Topliss-reactive ketones (excluding diaryl/α,β-unsaturated/α-hetero) is 1. The standard InChI is InChI=1S/C18H20N2O4/c1-23-12-7-8-15(19)14(11-12)16(21)9-10-20-18(22)13-5-3-4-6-17(13)24-2/h3-8,11H,9-10,19H2,1-2H3,(H,20,22). The summed E-state index contributed by atoms with van der Waals surface area (Å²) >= 11 is 0. The van der Waals surface area contributed by atoms with E-state index in [9.17, 15) is 9.59 Å². The molecule has 2 aromatic rings. The Kier molecular flexibility index (Phi) is 5.78. The molecule has 0 spiro atoms. The van der Waals surface area contributed by atoms with Gasteiger partial charge in [0.05, 0.1) is 19.8 Å². The van der Waals surface area contributed by atoms with Gasteiger partial charge in [0.2, 0.25) is 0 Å². The highest BCUT2D eigenvalue weighted by molar-refractivity contribution is 6.02. The fraction of sp³-hybridized carbons (Fsp3) is 0.222. The highest BCUT2D eigenvalue weighted by Gasteiger charge is 2.14. The Balaban J connectivity index is 1.96. The molecule has 2 rings (SSSR count). The first-order chi connectivity index (χ1) is 11.6. The zero-order valence-corrected chi connectivity index (χ0v) is 13.7. The van der Waals surface area contributed by atoms with Gasteiger partial charge in [0.1, 0.15) is 11.5 Å². The molecule has 0 unspecified atom stereocenters. The number of carbonyl (C=O) groups is 2. The second kappa shape index (κ2) is 8.01. The lowest BCUT2D eigenvalue weighted by Gasteiger charge is -2.10. The molecule has 0 bridgehead atoms. The molecule has 2 aromatic carbocycles. The average Bonchev–Trinajstić information content (AvgIpc) is 2.61. The first-order valence-corrected chi connectivity index (χ1v) is 7.44. The monoisotopic (exact) mass is 328 g/mol. The summed E-state index contributed by atoms with van der Waals surface area (Å²) in [5.74, 6) is 0.592. The number of anilines is 1. The summed E-state index contributed by atoms with van der Waals surface area (Å²) in [6.45, 7) is 0.201. The van der Waals surface area contributed by atoms with Crippen LogP contribution in [0.15, 0.2) is 42.5 Å². The molecular weight excluding hydrogens is 308 g/mol. The number of rotatable bonds is 7. The molecular formula is C18H20N2O4. The third-order valence-electron chi connectivity index (χ3n) is 3.55. The SMILES string of the molecule is COc1ccc(N)c(C(=O)CCNC(=O)c2ccccc2OC)c1. The molecule has 0 atom stereocenters. The van der Waals surface area contributed by atoms with Crippen molar-refractivity contribution in [3.8, 4) is 11.5 Å². The van der Waals surface area contributed by atoms with Gasteiger partial charge in [-0.15, -0.1) is 0 Å². The largest absolute Gasteiger partial charge is 0.497 e. The summed E-state index contributed by atoms with van der Waals surface area (Å²) in [6, 6.07) is 11.8. The topological polar surface area (TPSA) is 90.6 Å². The van der Waals surface area contributed by atoms with Crippen LogP contribution in [-0.4, -0.2) is 32.5 Å². The van der Waals surface area contributed by atoms with Crippen molar-refractivity contribution in [3.05, 3.63) is 53.6 Å². The third kappa shape index (κ3) is 4.04. The Bertz CT molecular complexity index is 744. The van der Waals surface area contributed by atoms with E-state index in [0.29, 0.717) is 28.3 Å². The van der Waals surface area contributed by atoms with Crippen LogP contribution in [0, 0.1) is 0 Å². The molecule has 6 nitrogen and oxygen atoms in total. The van der Waals surface area contributed by atoms with E-state index < -0.39 is 0 Å². The normalized spacial score (nSPS) is 10.1. The van der Waals surface area contributed by atoms with E-state index in [1.807, 2.05) is 0 Å². The molecule has 6 heteroatoms. The van der Waals surface area contributed by atoms with Crippen molar-refractivity contribution in [2.24, 2.45) is 0 Å². The van der Waals surface area contributed by atoms with Gasteiger partial charge in [-0.1, -0.05) is 12.1 Å². The number of nitrogens with one attached hydrogen (secondary N) is 1. The Hall–Kier alpha value is -3.02. The molecule has 0 saturated heterocycles. The number of para-hydroxylation sites is 1. The van der Waals surface area contributed by atoms with Crippen LogP contribution in [0.2, 0.25) is 0 Å². The van der Waals surface area contributed by atoms with Crippen LogP contribution >= 0.6 is 0 Å². The second-order valence-corrected chi connectivity index (χ2v) is 5.08. The van der Waals surface area contributed by atoms with Gasteiger partial charge in [-0.25, -0.2) is 0 Å².